The topological polar surface area (TPSA) is 61.4 Å². The first-order valence-electron chi connectivity index (χ1n) is 7.91. The van der Waals surface area contributed by atoms with Crippen LogP contribution in [-0.4, -0.2) is 42.5 Å². The van der Waals surface area contributed by atoms with Crippen LogP contribution in [0.5, 0.6) is 0 Å². The van der Waals surface area contributed by atoms with Crippen molar-refractivity contribution in [3.63, 3.8) is 0 Å². The molecule has 1 fully saturated rings. The highest BCUT2D eigenvalue weighted by atomic mass is 16.2. The Morgan fingerprint density at radius 1 is 1.32 bits per heavy atom. The minimum atomic E-state index is -0.0437. The fraction of sp³-hybridized carbons (Fsp3) is 0.529. The molecule has 5 heteroatoms. The standard InChI is InChI=1S/C17H25N3O2/c1-13(15-7-4-3-5-8-15)11-18-17(22)20-10-6-9-16(12-20)19-14(2)21/h3-5,7-8,13,16H,6,9-12H2,1-2H3,(H,18,22)(H,19,21)/t13-,16+/m0/s1. The van der Waals surface area contributed by atoms with E-state index in [4.69, 9.17) is 0 Å². The molecule has 0 bridgehead atoms. The fourth-order valence-corrected chi connectivity index (χ4v) is 2.82. The van der Waals surface area contributed by atoms with Crippen LogP contribution in [0.1, 0.15) is 38.2 Å². The Kier molecular flexibility index (Phi) is 5.81. The number of carbonyl (C=O) groups is 2. The Hall–Kier alpha value is -2.04. The van der Waals surface area contributed by atoms with Crippen molar-refractivity contribution >= 4 is 11.9 Å². The predicted octanol–water partition coefficient (Wildman–Crippen LogP) is 2.10. The smallest absolute Gasteiger partial charge is 0.317 e. The monoisotopic (exact) mass is 303 g/mol. The Morgan fingerprint density at radius 2 is 2.05 bits per heavy atom. The number of nitrogens with zero attached hydrogens (tertiary/aromatic N) is 1. The van der Waals surface area contributed by atoms with Gasteiger partial charge in [-0.1, -0.05) is 37.3 Å². The van der Waals surface area contributed by atoms with Gasteiger partial charge in [0, 0.05) is 32.6 Å². The summed E-state index contributed by atoms with van der Waals surface area (Å²) >= 11 is 0. The van der Waals surface area contributed by atoms with E-state index in [9.17, 15) is 9.59 Å². The summed E-state index contributed by atoms with van der Waals surface area (Å²) in [6.45, 7) is 5.57. The van der Waals surface area contributed by atoms with Gasteiger partial charge in [0.2, 0.25) is 5.91 Å². The Bertz CT molecular complexity index is 504. The SMILES string of the molecule is CC(=O)N[C@@H]1CCCN(C(=O)NC[C@H](C)c2ccccc2)C1. The van der Waals surface area contributed by atoms with Crippen LogP contribution in [-0.2, 0) is 4.79 Å². The Balaban J connectivity index is 1.80. The van der Waals surface area contributed by atoms with Crippen molar-refractivity contribution in [3.05, 3.63) is 35.9 Å². The summed E-state index contributed by atoms with van der Waals surface area (Å²) < 4.78 is 0. The molecule has 3 amide bonds. The van der Waals surface area contributed by atoms with Gasteiger partial charge in [-0.3, -0.25) is 4.79 Å². The quantitative estimate of drug-likeness (QED) is 0.895. The number of hydrogen-bond donors (Lipinski definition) is 2. The van der Waals surface area contributed by atoms with E-state index in [2.05, 4.69) is 29.7 Å². The average molecular weight is 303 g/mol. The molecule has 2 rings (SSSR count). The zero-order valence-corrected chi connectivity index (χ0v) is 13.3. The summed E-state index contributed by atoms with van der Waals surface area (Å²) in [5, 5.41) is 5.90. The molecule has 0 spiro atoms. The van der Waals surface area contributed by atoms with Crippen LogP contribution in [0.25, 0.3) is 0 Å². The van der Waals surface area contributed by atoms with E-state index in [1.54, 1.807) is 4.90 Å². The van der Waals surface area contributed by atoms with E-state index in [0.717, 1.165) is 19.4 Å². The highest BCUT2D eigenvalue weighted by molar-refractivity contribution is 5.75. The second-order valence-electron chi connectivity index (χ2n) is 5.98. The number of benzene rings is 1. The molecule has 22 heavy (non-hydrogen) atoms. The van der Waals surface area contributed by atoms with E-state index in [-0.39, 0.29) is 23.9 Å². The lowest BCUT2D eigenvalue weighted by molar-refractivity contribution is -0.119. The fourth-order valence-electron chi connectivity index (χ4n) is 2.82. The van der Waals surface area contributed by atoms with Gasteiger partial charge in [0.15, 0.2) is 0 Å². The lowest BCUT2D eigenvalue weighted by Gasteiger charge is -2.33. The molecule has 1 saturated heterocycles. The minimum absolute atomic E-state index is 0.0371. The second-order valence-corrected chi connectivity index (χ2v) is 5.98. The minimum Gasteiger partial charge on any atom is -0.352 e. The summed E-state index contributed by atoms with van der Waals surface area (Å²) in [4.78, 5) is 25.2. The van der Waals surface area contributed by atoms with Crippen molar-refractivity contribution in [2.75, 3.05) is 19.6 Å². The summed E-state index contributed by atoms with van der Waals surface area (Å²) in [7, 11) is 0. The van der Waals surface area contributed by atoms with Crippen molar-refractivity contribution < 1.29 is 9.59 Å². The van der Waals surface area contributed by atoms with Gasteiger partial charge >= 0.3 is 6.03 Å². The van der Waals surface area contributed by atoms with Crippen LogP contribution in [0.4, 0.5) is 4.79 Å². The highest BCUT2D eigenvalue weighted by Crippen LogP contribution is 2.14. The van der Waals surface area contributed by atoms with E-state index < -0.39 is 0 Å². The van der Waals surface area contributed by atoms with Crippen molar-refractivity contribution in [1.29, 1.82) is 0 Å². The first-order chi connectivity index (χ1) is 10.6. The van der Waals surface area contributed by atoms with Gasteiger partial charge in [-0.2, -0.15) is 0 Å². The lowest BCUT2D eigenvalue weighted by Crippen LogP contribution is -2.52. The van der Waals surface area contributed by atoms with Gasteiger partial charge in [-0.15, -0.1) is 0 Å². The second kappa shape index (κ2) is 7.82. The predicted molar refractivity (Wildman–Crippen MR) is 86.7 cm³/mol. The van der Waals surface area contributed by atoms with Crippen LogP contribution in [0.3, 0.4) is 0 Å². The molecule has 0 aliphatic carbocycles. The van der Waals surface area contributed by atoms with E-state index in [0.29, 0.717) is 13.1 Å². The van der Waals surface area contributed by atoms with E-state index >= 15 is 0 Å². The van der Waals surface area contributed by atoms with Crippen LogP contribution in [0.15, 0.2) is 30.3 Å². The molecule has 5 nitrogen and oxygen atoms in total. The van der Waals surface area contributed by atoms with Gasteiger partial charge in [-0.05, 0) is 24.3 Å². The maximum atomic E-state index is 12.3. The number of hydrogen-bond acceptors (Lipinski definition) is 2. The van der Waals surface area contributed by atoms with Crippen LogP contribution in [0, 0.1) is 0 Å². The number of piperidine rings is 1. The molecule has 1 aromatic rings. The molecule has 0 saturated carbocycles. The number of likely N-dealkylation sites (tertiary alicyclic amines) is 1. The van der Waals surface area contributed by atoms with E-state index in [1.807, 2.05) is 18.2 Å². The number of urea groups is 1. The van der Waals surface area contributed by atoms with Crippen molar-refractivity contribution in [3.8, 4) is 0 Å². The number of amides is 3. The van der Waals surface area contributed by atoms with Crippen molar-refractivity contribution in [2.24, 2.45) is 0 Å². The zero-order chi connectivity index (χ0) is 15.9. The average Bonchev–Trinajstić information content (AvgIpc) is 2.52. The third-order valence-corrected chi connectivity index (χ3v) is 4.04. The van der Waals surface area contributed by atoms with Crippen molar-refractivity contribution in [1.82, 2.24) is 15.5 Å². The van der Waals surface area contributed by atoms with Gasteiger partial charge in [0.1, 0.15) is 0 Å². The van der Waals surface area contributed by atoms with Crippen molar-refractivity contribution in [2.45, 2.75) is 38.6 Å². The largest absolute Gasteiger partial charge is 0.352 e. The molecule has 1 heterocycles. The summed E-state index contributed by atoms with van der Waals surface area (Å²) in [5.74, 6) is 0.242. The molecule has 0 radical (unpaired) electrons. The summed E-state index contributed by atoms with van der Waals surface area (Å²) in [6.07, 6.45) is 1.86. The molecule has 1 aliphatic rings. The molecule has 1 aromatic carbocycles. The highest BCUT2D eigenvalue weighted by Gasteiger charge is 2.24. The first-order valence-corrected chi connectivity index (χ1v) is 7.91. The lowest BCUT2D eigenvalue weighted by atomic mass is 10.0. The van der Waals surface area contributed by atoms with Crippen LogP contribution >= 0.6 is 0 Å². The number of nitrogens with one attached hydrogen (secondary N) is 2. The third kappa shape index (κ3) is 4.76. The van der Waals surface area contributed by atoms with Gasteiger partial charge in [-0.25, -0.2) is 4.79 Å². The third-order valence-electron chi connectivity index (χ3n) is 4.04. The first kappa shape index (κ1) is 16.3. The number of rotatable bonds is 4. The molecule has 2 atom stereocenters. The number of carbonyl (C=O) groups excluding carboxylic acids is 2. The molecule has 0 unspecified atom stereocenters. The van der Waals surface area contributed by atoms with Gasteiger partial charge in [0.25, 0.3) is 0 Å². The summed E-state index contributed by atoms with van der Waals surface area (Å²) in [5.41, 5.74) is 1.22. The molecule has 120 valence electrons. The Labute approximate surface area is 132 Å². The molecular weight excluding hydrogens is 278 g/mol. The van der Waals surface area contributed by atoms with Gasteiger partial charge < -0.3 is 15.5 Å². The molecular formula is C17H25N3O2. The van der Waals surface area contributed by atoms with Crippen LogP contribution in [0.2, 0.25) is 0 Å². The molecule has 2 N–H and O–H groups in total. The normalized spacial score (nSPS) is 19.4. The molecule has 1 aliphatic heterocycles. The van der Waals surface area contributed by atoms with E-state index in [1.165, 1.54) is 12.5 Å². The molecule has 0 aromatic heterocycles. The van der Waals surface area contributed by atoms with Crippen LogP contribution < -0.4 is 10.6 Å². The Morgan fingerprint density at radius 3 is 2.73 bits per heavy atom. The maximum absolute atomic E-state index is 12.3. The zero-order valence-electron chi connectivity index (χ0n) is 13.3. The summed E-state index contributed by atoms with van der Waals surface area (Å²) in [6, 6.07) is 10.2. The maximum Gasteiger partial charge on any atom is 0.317 e. The van der Waals surface area contributed by atoms with Gasteiger partial charge in [0.05, 0.1) is 0 Å².